The van der Waals surface area contributed by atoms with Gasteiger partial charge in [-0.2, -0.15) is 0 Å². The summed E-state index contributed by atoms with van der Waals surface area (Å²) in [5.74, 6) is -0.547. The first kappa shape index (κ1) is 9.90. The van der Waals surface area contributed by atoms with Gasteiger partial charge in [0.2, 0.25) is 5.91 Å². The minimum atomic E-state index is -0.519. The fraction of sp³-hybridized carbons (Fsp3) is 0.364. The first-order valence-electron chi connectivity index (χ1n) is 5.15. The van der Waals surface area contributed by atoms with E-state index in [1.807, 2.05) is 0 Å². The molecule has 0 saturated heterocycles. The first-order valence-corrected chi connectivity index (χ1v) is 5.53. The van der Waals surface area contributed by atoms with Crippen molar-refractivity contribution in [2.45, 2.75) is 12.8 Å². The van der Waals surface area contributed by atoms with Crippen molar-refractivity contribution in [2.24, 2.45) is 5.41 Å². The molecule has 3 nitrogen and oxygen atoms in total. The Kier molecular flexibility index (Phi) is 1.92. The predicted molar refractivity (Wildman–Crippen MR) is 60.2 cm³/mol. The third-order valence-corrected chi connectivity index (χ3v) is 3.55. The van der Waals surface area contributed by atoms with E-state index in [2.05, 4.69) is 10.6 Å². The normalized spacial score (nSPS) is 20.8. The van der Waals surface area contributed by atoms with Gasteiger partial charge >= 0.3 is 0 Å². The Morgan fingerprint density at radius 1 is 1.31 bits per heavy atom. The third-order valence-electron chi connectivity index (χ3n) is 3.26. The molecule has 3 rings (SSSR count). The summed E-state index contributed by atoms with van der Waals surface area (Å²) in [6.45, 7) is 0.591. The lowest BCUT2D eigenvalue weighted by atomic mass is 10.1. The van der Waals surface area contributed by atoms with Gasteiger partial charge in [0, 0.05) is 12.6 Å². The summed E-state index contributed by atoms with van der Waals surface area (Å²) in [4.78, 5) is 11.9. The molecule has 5 heteroatoms. The SMILES string of the molecule is O=C1Nc2cc(F)c(Cl)cc2NCC12CC2. The third kappa shape index (κ3) is 1.37. The summed E-state index contributed by atoms with van der Waals surface area (Å²) in [5.41, 5.74) is 0.862. The van der Waals surface area contributed by atoms with E-state index in [0.717, 1.165) is 12.8 Å². The van der Waals surface area contributed by atoms with Crippen molar-refractivity contribution < 1.29 is 9.18 Å². The molecular weight excluding hydrogens is 231 g/mol. The number of benzene rings is 1. The number of hydrogen-bond donors (Lipinski definition) is 2. The van der Waals surface area contributed by atoms with E-state index in [-0.39, 0.29) is 16.3 Å². The van der Waals surface area contributed by atoms with Crippen LogP contribution >= 0.6 is 11.6 Å². The molecule has 1 heterocycles. The number of hydrogen-bond acceptors (Lipinski definition) is 2. The summed E-state index contributed by atoms with van der Waals surface area (Å²) < 4.78 is 13.3. The minimum Gasteiger partial charge on any atom is -0.382 e. The van der Waals surface area contributed by atoms with E-state index in [0.29, 0.717) is 17.9 Å². The Morgan fingerprint density at radius 2 is 2.06 bits per heavy atom. The maximum absolute atomic E-state index is 13.3. The van der Waals surface area contributed by atoms with Crippen LogP contribution in [-0.2, 0) is 4.79 Å². The maximum Gasteiger partial charge on any atom is 0.232 e. The van der Waals surface area contributed by atoms with E-state index in [1.54, 1.807) is 0 Å². The highest BCUT2D eigenvalue weighted by Gasteiger charge is 2.50. The topological polar surface area (TPSA) is 41.1 Å². The predicted octanol–water partition coefficient (Wildman–Crippen LogP) is 2.62. The van der Waals surface area contributed by atoms with Crippen molar-refractivity contribution in [3.63, 3.8) is 0 Å². The molecule has 1 aromatic rings. The molecule has 1 spiro atoms. The van der Waals surface area contributed by atoms with Crippen molar-refractivity contribution in [2.75, 3.05) is 17.2 Å². The molecule has 16 heavy (non-hydrogen) atoms. The van der Waals surface area contributed by atoms with E-state index in [4.69, 9.17) is 11.6 Å². The zero-order valence-electron chi connectivity index (χ0n) is 8.44. The number of amides is 1. The van der Waals surface area contributed by atoms with Crippen LogP contribution in [0.4, 0.5) is 15.8 Å². The fourth-order valence-corrected chi connectivity index (χ4v) is 2.11. The van der Waals surface area contributed by atoms with Crippen LogP contribution in [0.5, 0.6) is 0 Å². The van der Waals surface area contributed by atoms with Crippen LogP contribution in [0.15, 0.2) is 12.1 Å². The van der Waals surface area contributed by atoms with Gasteiger partial charge in [0.25, 0.3) is 0 Å². The fourth-order valence-electron chi connectivity index (χ4n) is 1.95. The second kappa shape index (κ2) is 3.10. The molecule has 1 aliphatic heterocycles. The molecule has 0 bridgehead atoms. The van der Waals surface area contributed by atoms with Gasteiger partial charge in [0.05, 0.1) is 21.8 Å². The lowest BCUT2D eigenvalue weighted by molar-refractivity contribution is -0.120. The number of carbonyl (C=O) groups is 1. The number of fused-ring (bicyclic) bond motifs is 1. The van der Waals surface area contributed by atoms with Crippen LogP contribution in [0.3, 0.4) is 0 Å². The van der Waals surface area contributed by atoms with Crippen LogP contribution in [0, 0.1) is 11.2 Å². The lowest BCUT2D eigenvalue weighted by Gasteiger charge is -2.09. The van der Waals surface area contributed by atoms with Gasteiger partial charge in [-0.1, -0.05) is 11.6 Å². The van der Waals surface area contributed by atoms with Gasteiger partial charge in [-0.05, 0) is 18.9 Å². The summed E-state index contributed by atoms with van der Waals surface area (Å²) in [5, 5.41) is 5.95. The second-order valence-electron chi connectivity index (χ2n) is 4.40. The number of carbonyl (C=O) groups excluding carboxylic acids is 1. The summed E-state index contributed by atoms with van der Waals surface area (Å²) in [6, 6.07) is 2.76. The Hall–Kier alpha value is -1.29. The zero-order chi connectivity index (χ0) is 11.3. The van der Waals surface area contributed by atoms with Crippen molar-refractivity contribution >= 4 is 28.9 Å². The van der Waals surface area contributed by atoms with Crippen molar-refractivity contribution in [1.29, 1.82) is 0 Å². The van der Waals surface area contributed by atoms with Crippen molar-refractivity contribution in [1.82, 2.24) is 0 Å². The second-order valence-corrected chi connectivity index (χ2v) is 4.81. The molecule has 2 N–H and O–H groups in total. The molecular formula is C11H10ClFN2O. The molecule has 1 fully saturated rings. The van der Waals surface area contributed by atoms with E-state index < -0.39 is 5.82 Å². The van der Waals surface area contributed by atoms with Crippen LogP contribution in [0.2, 0.25) is 5.02 Å². The Labute approximate surface area is 97.0 Å². The lowest BCUT2D eigenvalue weighted by Crippen LogP contribution is -2.27. The Morgan fingerprint density at radius 3 is 2.75 bits per heavy atom. The minimum absolute atomic E-state index is 0.0273. The molecule has 1 aromatic carbocycles. The van der Waals surface area contributed by atoms with E-state index in [1.165, 1.54) is 12.1 Å². The highest BCUT2D eigenvalue weighted by Crippen LogP contribution is 2.48. The molecule has 2 aliphatic rings. The van der Waals surface area contributed by atoms with Crippen LogP contribution < -0.4 is 10.6 Å². The van der Waals surface area contributed by atoms with Gasteiger partial charge in [0.15, 0.2) is 0 Å². The quantitative estimate of drug-likeness (QED) is 0.732. The van der Waals surface area contributed by atoms with Crippen LogP contribution in [0.25, 0.3) is 0 Å². The van der Waals surface area contributed by atoms with Gasteiger partial charge < -0.3 is 10.6 Å². The monoisotopic (exact) mass is 240 g/mol. The molecule has 1 amide bonds. The van der Waals surface area contributed by atoms with Crippen molar-refractivity contribution in [3.8, 4) is 0 Å². The first-order chi connectivity index (χ1) is 7.61. The largest absolute Gasteiger partial charge is 0.382 e. The van der Waals surface area contributed by atoms with Crippen molar-refractivity contribution in [3.05, 3.63) is 23.0 Å². The number of anilines is 2. The highest BCUT2D eigenvalue weighted by atomic mass is 35.5. The molecule has 0 unspecified atom stereocenters. The standard InChI is InChI=1S/C11H10ClFN2O/c12-6-3-8-9(4-7(6)13)15-10(16)11(1-2-11)5-14-8/h3-4,14H,1-2,5H2,(H,15,16). The molecule has 1 saturated carbocycles. The highest BCUT2D eigenvalue weighted by molar-refractivity contribution is 6.31. The molecule has 0 aromatic heterocycles. The summed E-state index contributed by atoms with van der Waals surface area (Å²) in [7, 11) is 0. The average molecular weight is 241 g/mol. The van der Waals surface area contributed by atoms with E-state index >= 15 is 0 Å². The molecule has 1 aliphatic carbocycles. The molecule has 0 radical (unpaired) electrons. The van der Waals surface area contributed by atoms with Gasteiger partial charge in [0.1, 0.15) is 5.82 Å². The molecule has 0 atom stereocenters. The van der Waals surface area contributed by atoms with Crippen LogP contribution in [0.1, 0.15) is 12.8 Å². The average Bonchev–Trinajstić information content (AvgIpc) is 3.02. The summed E-state index contributed by atoms with van der Waals surface area (Å²) >= 11 is 5.69. The number of nitrogens with one attached hydrogen (secondary N) is 2. The maximum atomic E-state index is 13.3. The Balaban J connectivity index is 2.03. The van der Waals surface area contributed by atoms with Gasteiger partial charge in [-0.3, -0.25) is 4.79 Å². The number of rotatable bonds is 0. The number of halogens is 2. The summed E-state index contributed by atoms with van der Waals surface area (Å²) in [6.07, 6.45) is 1.77. The van der Waals surface area contributed by atoms with Crippen LogP contribution in [-0.4, -0.2) is 12.5 Å². The van der Waals surface area contributed by atoms with E-state index in [9.17, 15) is 9.18 Å². The smallest absolute Gasteiger partial charge is 0.232 e. The zero-order valence-corrected chi connectivity index (χ0v) is 9.20. The Bertz CT molecular complexity index is 485. The molecule has 84 valence electrons. The van der Waals surface area contributed by atoms with Gasteiger partial charge in [-0.15, -0.1) is 0 Å². The van der Waals surface area contributed by atoms with Gasteiger partial charge in [-0.25, -0.2) is 4.39 Å².